The minimum atomic E-state index is -1.27. The van der Waals surface area contributed by atoms with Crippen molar-refractivity contribution in [2.24, 2.45) is 5.18 Å². The first-order chi connectivity index (χ1) is 15.8. The summed E-state index contributed by atoms with van der Waals surface area (Å²) in [6, 6.07) is 17.7. The van der Waals surface area contributed by atoms with Gasteiger partial charge in [0.25, 0.3) is 0 Å². The molecule has 0 saturated heterocycles. The lowest BCUT2D eigenvalue weighted by Crippen LogP contribution is -2.10. The van der Waals surface area contributed by atoms with E-state index in [9.17, 15) is 14.8 Å². The van der Waals surface area contributed by atoms with E-state index in [1.54, 1.807) is 12.1 Å². The van der Waals surface area contributed by atoms with E-state index in [4.69, 9.17) is 27.9 Å². The molecule has 33 heavy (non-hydrogen) atoms. The Labute approximate surface area is 204 Å². The highest BCUT2D eigenvalue weighted by Gasteiger charge is 2.27. The summed E-state index contributed by atoms with van der Waals surface area (Å²) < 4.78 is 6.61. The Hall–Kier alpha value is -2.84. The maximum absolute atomic E-state index is 12.1. The molecule has 1 atom stereocenters. The number of aryl methyl sites for hydroxylation is 1. The van der Waals surface area contributed by atoms with Gasteiger partial charge in [0.2, 0.25) is 0 Å². The average molecular weight is 501 g/mol. The van der Waals surface area contributed by atoms with Gasteiger partial charge in [-0.25, -0.2) is 4.79 Å². The Morgan fingerprint density at radius 2 is 1.85 bits per heavy atom. The number of nitroso groups, excluding NO2 is 1. The number of aliphatic hydroxyl groups is 1. The zero-order valence-electron chi connectivity index (χ0n) is 17.6. The first kappa shape index (κ1) is 23.3. The highest BCUT2D eigenvalue weighted by molar-refractivity contribution is 7.98. The number of halogens is 2. The van der Waals surface area contributed by atoms with Crippen molar-refractivity contribution < 1.29 is 14.6 Å². The van der Waals surface area contributed by atoms with Crippen LogP contribution in [0, 0.1) is 11.8 Å². The quantitative estimate of drug-likeness (QED) is 0.226. The summed E-state index contributed by atoms with van der Waals surface area (Å²) in [6.07, 6.45) is -1.27. The van der Waals surface area contributed by atoms with E-state index in [2.05, 4.69) is 5.18 Å². The summed E-state index contributed by atoms with van der Waals surface area (Å²) in [5.41, 5.74) is 2.55. The third kappa shape index (κ3) is 4.37. The Morgan fingerprint density at radius 3 is 2.52 bits per heavy atom. The molecule has 3 aromatic carbocycles. The SMILES string of the molecule is COC(=O)c1ccc(Cl)c(C(O)c2cc3c(C)cc(N=O)cc3n2Sc2ccccc2)c1Cl. The van der Waals surface area contributed by atoms with Crippen molar-refractivity contribution in [3.05, 3.63) is 98.0 Å². The maximum Gasteiger partial charge on any atom is 0.339 e. The second-order valence-corrected chi connectivity index (χ2v) is 9.08. The molecule has 1 N–H and O–H groups in total. The molecule has 4 rings (SSSR count). The molecule has 0 aliphatic rings. The van der Waals surface area contributed by atoms with Gasteiger partial charge in [0.15, 0.2) is 0 Å². The fourth-order valence-corrected chi connectivity index (χ4v) is 5.28. The van der Waals surface area contributed by atoms with Crippen LogP contribution in [0.15, 0.2) is 70.7 Å². The third-order valence-corrected chi connectivity index (χ3v) is 7.04. The van der Waals surface area contributed by atoms with E-state index < -0.39 is 12.1 Å². The number of fused-ring (bicyclic) bond motifs is 1. The van der Waals surface area contributed by atoms with Crippen molar-refractivity contribution in [1.82, 2.24) is 3.97 Å². The summed E-state index contributed by atoms with van der Waals surface area (Å²) in [5.74, 6) is -0.637. The van der Waals surface area contributed by atoms with Crippen LogP contribution in [0.1, 0.15) is 33.3 Å². The number of esters is 1. The molecule has 0 aliphatic heterocycles. The van der Waals surface area contributed by atoms with Gasteiger partial charge >= 0.3 is 5.97 Å². The van der Waals surface area contributed by atoms with E-state index in [1.807, 2.05) is 47.3 Å². The van der Waals surface area contributed by atoms with Crippen LogP contribution in [0.25, 0.3) is 10.9 Å². The molecule has 0 saturated carbocycles. The van der Waals surface area contributed by atoms with Crippen LogP contribution in [0.3, 0.4) is 0 Å². The van der Waals surface area contributed by atoms with Crippen LogP contribution >= 0.6 is 35.1 Å². The lowest BCUT2D eigenvalue weighted by Gasteiger charge is -2.18. The molecule has 9 heteroatoms. The molecule has 1 unspecified atom stereocenters. The zero-order chi connectivity index (χ0) is 23.7. The summed E-state index contributed by atoms with van der Waals surface area (Å²) in [5, 5.41) is 15.6. The van der Waals surface area contributed by atoms with Gasteiger partial charge in [-0.15, -0.1) is 4.91 Å². The van der Waals surface area contributed by atoms with E-state index in [1.165, 1.54) is 31.2 Å². The molecule has 0 aliphatic carbocycles. The largest absolute Gasteiger partial charge is 0.465 e. The molecular weight excluding hydrogens is 483 g/mol. The molecule has 1 heterocycles. The number of benzene rings is 3. The number of methoxy groups -OCH3 is 1. The van der Waals surface area contributed by atoms with Gasteiger partial charge < -0.3 is 9.84 Å². The Balaban J connectivity index is 1.95. The number of hydrogen-bond donors (Lipinski definition) is 1. The molecule has 0 bridgehead atoms. The van der Waals surface area contributed by atoms with Gasteiger partial charge in [0.1, 0.15) is 11.8 Å². The van der Waals surface area contributed by atoms with Gasteiger partial charge in [-0.2, -0.15) is 0 Å². The predicted molar refractivity (Wildman–Crippen MR) is 132 cm³/mol. The second kappa shape index (κ2) is 9.57. The number of carbonyl (C=O) groups is 1. The monoisotopic (exact) mass is 500 g/mol. The average Bonchev–Trinajstić information content (AvgIpc) is 3.18. The van der Waals surface area contributed by atoms with Crippen molar-refractivity contribution in [1.29, 1.82) is 0 Å². The molecule has 0 fully saturated rings. The van der Waals surface area contributed by atoms with Gasteiger partial charge in [0.05, 0.1) is 28.9 Å². The second-order valence-electron chi connectivity index (χ2n) is 7.27. The fourth-order valence-electron chi connectivity index (χ4n) is 3.63. The van der Waals surface area contributed by atoms with Crippen molar-refractivity contribution in [2.75, 3.05) is 7.11 Å². The summed E-state index contributed by atoms with van der Waals surface area (Å²) in [7, 11) is 1.25. The van der Waals surface area contributed by atoms with E-state index in [0.29, 0.717) is 11.2 Å². The highest BCUT2D eigenvalue weighted by Crippen LogP contribution is 2.42. The molecule has 1 aromatic heterocycles. The minimum absolute atomic E-state index is 0.00957. The molecule has 168 valence electrons. The first-order valence-electron chi connectivity index (χ1n) is 9.82. The number of nitrogens with zero attached hydrogens (tertiary/aromatic N) is 2. The third-order valence-electron chi connectivity index (χ3n) is 5.23. The molecule has 0 amide bonds. The lowest BCUT2D eigenvalue weighted by molar-refractivity contribution is 0.0600. The number of hydrogen-bond acceptors (Lipinski definition) is 6. The number of aliphatic hydroxyl groups excluding tert-OH is 1. The number of aromatic nitrogens is 1. The van der Waals surface area contributed by atoms with Crippen LogP contribution in [-0.2, 0) is 4.74 Å². The molecule has 0 radical (unpaired) electrons. The Kier molecular flexibility index (Phi) is 6.76. The topological polar surface area (TPSA) is 80.9 Å². The number of rotatable bonds is 6. The van der Waals surface area contributed by atoms with Crippen LogP contribution in [0.2, 0.25) is 10.0 Å². The summed E-state index contributed by atoms with van der Waals surface area (Å²) in [4.78, 5) is 24.3. The molecular formula is C24H18Cl2N2O4S. The van der Waals surface area contributed by atoms with Crippen LogP contribution < -0.4 is 0 Å². The lowest BCUT2D eigenvalue weighted by atomic mass is 10.0. The minimum Gasteiger partial charge on any atom is -0.465 e. The number of carbonyl (C=O) groups excluding carboxylic acids is 1. The van der Waals surface area contributed by atoms with Crippen LogP contribution in [0.4, 0.5) is 5.69 Å². The van der Waals surface area contributed by atoms with Gasteiger partial charge in [-0.05, 0) is 72.1 Å². The normalized spacial score (nSPS) is 12.0. The Bertz CT molecular complexity index is 1370. The predicted octanol–water partition coefficient (Wildman–Crippen LogP) is 7.08. The van der Waals surface area contributed by atoms with Crippen LogP contribution in [0.5, 0.6) is 0 Å². The summed E-state index contributed by atoms with van der Waals surface area (Å²) >= 11 is 14.3. The van der Waals surface area contributed by atoms with Gasteiger partial charge in [0, 0.05) is 20.9 Å². The highest BCUT2D eigenvalue weighted by atomic mass is 35.5. The van der Waals surface area contributed by atoms with E-state index in [-0.39, 0.29) is 26.9 Å². The van der Waals surface area contributed by atoms with E-state index in [0.717, 1.165) is 15.8 Å². The van der Waals surface area contributed by atoms with Gasteiger partial charge in [-0.3, -0.25) is 3.97 Å². The smallest absolute Gasteiger partial charge is 0.339 e. The van der Waals surface area contributed by atoms with Gasteiger partial charge in [-0.1, -0.05) is 41.4 Å². The van der Waals surface area contributed by atoms with Crippen molar-refractivity contribution >= 4 is 57.7 Å². The fraction of sp³-hybridized carbons (Fsp3) is 0.125. The zero-order valence-corrected chi connectivity index (χ0v) is 19.9. The van der Waals surface area contributed by atoms with Crippen molar-refractivity contribution in [3.63, 3.8) is 0 Å². The Morgan fingerprint density at radius 1 is 1.12 bits per heavy atom. The molecule has 4 aromatic rings. The molecule has 6 nitrogen and oxygen atoms in total. The molecule has 0 spiro atoms. The van der Waals surface area contributed by atoms with E-state index >= 15 is 0 Å². The van der Waals surface area contributed by atoms with Crippen LogP contribution in [-0.4, -0.2) is 22.2 Å². The number of ether oxygens (including phenoxy) is 1. The van der Waals surface area contributed by atoms with Crippen molar-refractivity contribution in [2.45, 2.75) is 17.9 Å². The first-order valence-corrected chi connectivity index (χ1v) is 11.4. The van der Waals surface area contributed by atoms with Crippen molar-refractivity contribution in [3.8, 4) is 0 Å². The standard InChI is InChI=1S/C24H18Cl2N2O4S/c1-13-10-14(27-31)11-19-17(13)12-20(28(19)33-15-6-4-3-5-7-15)23(29)21-18(25)9-8-16(22(21)26)24(30)32-2/h3-12,23,29H,1-2H3. The maximum atomic E-state index is 12.1. The summed E-state index contributed by atoms with van der Waals surface area (Å²) in [6.45, 7) is 1.86.